The van der Waals surface area contributed by atoms with Gasteiger partial charge < -0.3 is 10.1 Å². The average Bonchev–Trinajstić information content (AvgIpc) is 2.64. The molecular formula is C19H19N3O3. The first-order chi connectivity index (χ1) is 12.1. The molecule has 25 heavy (non-hydrogen) atoms. The minimum Gasteiger partial charge on any atom is -0.497 e. The van der Waals surface area contributed by atoms with E-state index in [1.165, 1.54) is 4.57 Å². The van der Waals surface area contributed by atoms with Crippen LogP contribution in [0.25, 0.3) is 11.0 Å². The van der Waals surface area contributed by atoms with E-state index in [0.717, 1.165) is 11.3 Å². The highest BCUT2D eigenvalue weighted by Crippen LogP contribution is 2.11. The van der Waals surface area contributed by atoms with Crippen LogP contribution in [0, 0.1) is 6.92 Å². The first-order valence-corrected chi connectivity index (χ1v) is 7.94. The summed E-state index contributed by atoms with van der Waals surface area (Å²) in [4.78, 5) is 28.9. The van der Waals surface area contributed by atoms with Crippen LogP contribution in [0.3, 0.4) is 0 Å². The molecule has 3 aromatic rings. The Morgan fingerprint density at radius 2 is 1.88 bits per heavy atom. The number of ether oxygens (including phenoxy) is 1. The molecule has 1 aromatic heterocycles. The van der Waals surface area contributed by atoms with Crippen molar-refractivity contribution in [1.29, 1.82) is 0 Å². The third-order valence-corrected chi connectivity index (χ3v) is 3.97. The van der Waals surface area contributed by atoms with Crippen LogP contribution in [0.4, 0.5) is 0 Å². The zero-order valence-corrected chi connectivity index (χ0v) is 14.2. The Labute approximate surface area is 145 Å². The van der Waals surface area contributed by atoms with Crippen LogP contribution >= 0.6 is 0 Å². The van der Waals surface area contributed by atoms with Crippen molar-refractivity contribution in [3.63, 3.8) is 0 Å². The summed E-state index contributed by atoms with van der Waals surface area (Å²) >= 11 is 0. The van der Waals surface area contributed by atoms with Crippen LogP contribution < -0.4 is 15.6 Å². The number of carbonyl (C=O) groups excluding carboxylic acids is 1. The number of fused-ring (bicyclic) bond motifs is 1. The molecule has 0 fully saturated rings. The van der Waals surface area contributed by atoms with E-state index in [1.54, 1.807) is 20.1 Å². The van der Waals surface area contributed by atoms with Gasteiger partial charge in [-0.25, -0.2) is 4.98 Å². The number of rotatable bonds is 5. The van der Waals surface area contributed by atoms with Gasteiger partial charge in [0.25, 0.3) is 5.56 Å². The molecule has 6 nitrogen and oxygen atoms in total. The van der Waals surface area contributed by atoms with Crippen LogP contribution in [0.1, 0.15) is 11.3 Å². The van der Waals surface area contributed by atoms with E-state index in [9.17, 15) is 9.59 Å². The normalized spacial score (nSPS) is 10.6. The van der Waals surface area contributed by atoms with Crippen LogP contribution in [0.5, 0.6) is 5.75 Å². The van der Waals surface area contributed by atoms with Crippen molar-refractivity contribution in [1.82, 2.24) is 14.9 Å². The molecule has 0 aliphatic heterocycles. The highest BCUT2D eigenvalue weighted by molar-refractivity contribution is 5.80. The highest BCUT2D eigenvalue weighted by Gasteiger charge is 2.11. The summed E-state index contributed by atoms with van der Waals surface area (Å²) in [6.07, 6.45) is 0. The molecule has 0 saturated heterocycles. The van der Waals surface area contributed by atoms with Crippen molar-refractivity contribution >= 4 is 16.9 Å². The number of aryl methyl sites for hydroxylation is 1. The number of amides is 1. The fourth-order valence-corrected chi connectivity index (χ4v) is 2.62. The minimum atomic E-state index is -0.252. The second-order valence-corrected chi connectivity index (χ2v) is 5.70. The van der Waals surface area contributed by atoms with E-state index < -0.39 is 0 Å². The molecular weight excluding hydrogens is 318 g/mol. The Balaban J connectivity index is 1.75. The lowest BCUT2D eigenvalue weighted by Gasteiger charge is -2.11. The number of nitrogens with one attached hydrogen (secondary N) is 1. The Bertz CT molecular complexity index is 962. The molecule has 0 aliphatic rings. The smallest absolute Gasteiger partial charge is 0.272 e. The predicted molar refractivity (Wildman–Crippen MR) is 95.6 cm³/mol. The van der Waals surface area contributed by atoms with E-state index in [0.29, 0.717) is 23.3 Å². The molecule has 1 amide bonds. The van der Waals surface area contributed by atoms with Crippen LogP contribution in [0.2, 0.25) is 0 Å². The molecule has 2 aromatic carbocycles. The molecule has 128 valence electrons. The molecule has 1 N–H and O–H groups in total. The van der Waals surface area contributed by atoms with Gasteiger partial charge in [-0.15, -0.1) is 0 Å². The molecule has 0 saturated carbocycles. The number of hydrogen-bond acceptors (Lipinski definition) is 4. The van der Waals surface area contributed by atoms with E-state index in [4.69, 9.17) is 4.74 Å². The van der Waals surface area contributed by atoms with Gasteiger partial charge in [-0.2, -0.15) is 0 Å². The van der Waals surface area contributed by atoms with Crippen molar-refractivity contribution in [3.05, 3.63) is 70.1 Å². The number of benzene rings is 2. The highest BCUT2D eigenvalue weighted by atomic mass is 16.5. The van der Waals surface area contributed by atoms with E-state index in [2.05, 4.69) is 10.3 Å². The molecule has 0 bridgehead atoms. The van der Waals surface area contributed by atoms with Crippen molar-refractivity contribution in [2.24, 2.45) is 0 Å². The first kappa shape index (κ1) is 16.7. The maximum absolute atomic E-state index is 12.4. The lowest BCUT2D eigenvalue weighted by molar-refractivity contribution is -0.121. The summed E-state index contributed by atoms with van der Waals surface area (Å²) in [5.41, 5.74) is 2.43. The number of para-hydroxylation sites is 2. The minimum absolute atomic E-state index is 0.0428. The fourth-order valence-electron chi connectivity index (χ4n) is 2.62. The number of hydrogen-bond donors (Lipinski definition) is 1. The van der Waals surface area contributed by atoms with Gasteiger partial charge in [-0.3, -0.25) is 14.2 Å². The summed E-state index contributed by atoms with van der Waals surface area (Å²) < 4.78 is 6.57. The Hall–Kier alpha value is -3.15. The predicted octanol–water partition coefficient (Wildman–Crippen LogP) is 2.03. The number of carbonyl (C=O) groups is 1. The zero-order valence-electron chi connectivity index (χ0n) is 14.2. The topological polar surface area (TPSA) is 73.2 Å². The second-order valence-electron chi connectivity index (χ2n) is 5.70. The van der Waals surface area contributed by atoms with Crippen molar-refractivity contribution in [2.45, 2.75) is 20.0 Å². The Morgan fingerprint density at radius 3 is 2.60 bits per heavy atom. The van der Waals surface area contributed by atoms with Gasteiger partial charge in [0.15, 0.2) is 0 Å². The zero-order chi connectivity index (χ0) is 17.8. The molecule has 6 heteroatoms. The summed E-state index contributed by atoms with van der Waals surface area (Å²) in [7, 11) is 1.61. The molecule has 1 heterocycles. The Morgan fingerprint density at radius 1 is 1.16 bits per heavy atom. The third-order valence-electron chi connectivity index (χ3n) is 3.97. The second kappa shape index (κ2) is 7.17. The van der Waals surface area contributed by atoms with Gasteiger partial charge in [0.05, 0.1) is 18.1 Å². The van der Waals surface area contributed by atoms with Gasteiger partial charge in [0.2, 0.25) is 5.91 Å². The van der Waals surface area contributed by atoms with Gasteiger partial charge in [0.1, 0.15) is 18.0 Å². The molecule has 0 radical (unpaired) electrons. The molecule has 0 atom stereocenters. The van der Waals surface area contributed by atoms with Gasteiger partial charge in [-0.05, 0) is 36.8 Å². The quantitative estimate of drug-likeness (QED) is 0.773. The van der Waals surface area contributed by atoms with Crippen LogP contribution in [0.15, 0.2) is 53.3 Å². The summed E-state index contributed by atoms with van der Waals surface area (Å²) in [6.45, 7) is 2.00. The molecule has 0 unspecified atom stereocenters. The number of nitrogens with zero attached hydrogens (tertiary/aromatic N) is 2. The number of aromatic nitrogens is 2. The first-order valence-electron chi connectivity index (χ1n) is 7.94. The van der Waals surface area contributed by atoms with Crippen LogP contribution in [-0.4, -0.2) is 22.6 Å². The maximum atomic E-state index is 12.4. The molecule has 0 aliphatic carbocycles. The van der Waals surface area contributed by atoms with Crippen LogP contribution in [-0.2, 0) is 17.9 Å². The van der Waals surface area contributed by atoms with E-state index in [1.807, 2.05) is 42.5 Å². The summed E-state index contributed by atoms with van der Waals surface area (Å²) in [5, 5.41) is 2.84. The SMILES string of the molecule is COc1ccc(CNC(=O)Cn2c(=O)c(C)nc3ccccc32)cc1. The molecule has 3 rings (SSSR count). The third kappa shape index (κ3) is 3.68. The largest absolute Gasteiger partial charge is 0.497 e. The van der Waals surface area contributed by atoms with E-state index >= 15 is 0 Å². The standard InChI is InChI=1S/C19H19N3O3/c1-13-19(24)22(17-6-4-3-5-16(17)21-13)12-18(23)20-11-14-7-9-15(25-2)10-8-14/h3-10H,11-12H2,1-2H3,(H,20,23). The monoisotopic (exact) mass is 337 g/mol. The average molecular weight is 337 g/mol. The lowest BCUT2D eigenvalue weighted by Crippen LogP contribution is -2.33. The fraction of sp³-hybridized carbons (Fsp3) is 0.211. The van der Waals surface area contributed by atoms with Crippen molar-refractivity contribution < 1.29 is 9.53 Å². The van der Waals surface area contributed by atoms with E-state index in [-0.39, 0.29) is 18.0 Å². The number of methoxy groups -OCH3 is 1. The Kier molecular flexibility index (Phi) is 4.79. The summed E-state index contributed by atoms with van der Waals surface area (Å²) in [6, 6.07) is 14.7. The maximum Gasteiger partial charge on any atom is 0.272 e. The van der Waals surface area contributed by atoms with Crippen molar-refractivity contribution in [2.75, 3.05) is 7.11 Å². The van der Waals surface area contributed by atoms with Crippen molar-refractivity contribution in [3.8, 4) is 5.75 Å². The van der Waals surface area contributed by atoms with Gasteiger partial charge in [0, 0.05) is 6.54 Å². The molecule has 0 spiro atoms. The van der Waals surface area contributed by atoms with Gasteiger partial charge >= 0.3 is 0 Å². The summed E-state index contributed by atoms with van der Waals surface area (Å²) in [5.74, 6) is 0.536. The van der Waals surface area contributed by atoms with Gasteiger partial charge in [-0.1, -0.05) is 24.3 Å². The lowest BCUT2D eigenvalue weighted by atomic mass is 10.2.